The second-order valence-corrected chi connectivity index (χ2v) is 10.7. The fourth-order valence-corrected chi connectivity index (χ4v) is 3.99. The predicted molar refractivity (Wildman–Crippen MR) is 166 cm³/mol. The van der Waals surface area contributed by atoms with Gasteiger partial charge in [-0.3, -0.25) is 9.59 Å². The van der Waals surface area contributed by atoms with Gasteiger partial charge in [0.05, 0.1) is 14.2 Å². The van der Waals surface area contributed by atoms with E-state index in [-0.39, 0.29) is 30.8 Å². The predicted octanol–water partition coefficient (Wildman–Crippen LogP) is 5.82. The van der Waals surface area contributed by atoms with Crippen LogP contribution in [0.15, 0.2) is 54.7 Å². The van der Waals surface area contributed by atoms with E-state index in [0.29, 0.717) is 6.07 Å². The number of pyridine rings is 1. The number of amides is 1. The number of nitrogens with zero attached hydrogens (tertiary/aromatic N) is 1. The number of hydrogen-bond donors (Lipinski definition) is 1. The first-order chi connectivity index (χ1) is 21.6. The maximum Gasteiger partial charge on any atom is 0.328 e. The summed E-state index contributed by atoms with van der Waals surface area (Å²) >= 11 is 0. The van der Waals surface area contributed by atoms with E-state index in [0.717, 1.165) is 11.8 Å². The topological polar surface area (TPSA) is 132 Å². The number of benzene rings is 2. The van der Waals surface area contributed by atoms with E-state index < -0.39 is 54.0 Å². The molecule has 0 spiro atoms. The molecule has 2 atom stereocenters. The maximum absolute atomic E-state index is 13.9. The van der Waals surface area contributed by atoms with Crippen molar-refractivity contribution in [2.45, 2.75) is 65.7 Å². The van der Waals surface area contributed by atoms with Crippen LogP contribution in [0.4, 0.5) is 8.78 Å². The van der Waals surface area contributed by atoms with E-state index in [1.165, 1.54) is 44.9 Å². The number of nitrogens with one attached hydrogen (secondary N) is 1. The maximum atomic E-state index is 13.9. The Morgan fingerprint density at radius 2 is 1.65 bits per heavy atom. The first-order valence-electron chi connectivity index (χ1n) is 14.2. The van der Waals surface area contributed by atoms with Gasteiger partial charge in [0.25, 0.3) is 5.91 Å². The number of aryl methyl sites for hydroxylation is 1. The molecule has 0 fully saturated rings. The van der Waals surface area contributed by atoms with Gasteiger partial charge in [0.2, 0.25) is 6.79 Å². The van der Waals surface area contributed by atoms with Gasteiger partial charge in [-0.05, 0) is 58.9 Å². The van der Waals surface area contributed by atoms with Gasteiger partial charge in [-0.15, -0.1) is 0 Å². The monoisotopic (exact) mass is 648 g/mol. The van der Waals surface area contributed by atoms with Gasteiger partial charge in [-0.1, -0.05) is 17.7 Å². The molecule has 0 saturated carbocycles. The summed E-state index contributed by atoms with van der Waals surface area (Å²) < 4.78 is 58.3. The standard InChI is InChI=1S/C25H30F2N2O8.C8H10O.H2/c1-14(12-25(4,5)37-19-8-7-17(26)11-18(19)27)36-24(32)15(2)29-23(31)21-22(35-13-34-16(3)30)20(33-6)9-10-28-21;1-7-3-5-8(9-2)6-4-7;/h7-11,14-15H,12-13H2,1-6H3,(H,29,31);3-6H,1-2H3;1H/t14-,15-;;/m0../s1. The van der Waals surface area contributed by atoms with Crippen LogP contribution in [0.25, 0.3) is 0 Å². The van der Waals surface area contributed by atoms with Crippen LogP contribution in [0.2, 0.25) is 0 Å². The van der Waals surface area contributed by atoms with Crippen molar-refractivity contribution in [1.82, 2.24) is 10.3 Å². The van der Waals surface area contributed by atoms with Crippen molar-refractivity contribution >= 4 is 17.8 Å². The molecule has 0 aliphatic heterocycles. The fourth-order valence-electron chi connectivity index (χ4n) is 3.99. The summed E-state index contributed by atoms with van der Waals surface area (Å²) in [6.07, 6.45) is 0.800. The average molecular weight is 649 g/mol. The molecule has 2 aromatic carbocycles. The lowest BCUT2D eigenvalue weighted by atomic mass is 10.0. The summed E-state index contributed by atoms with van der Waals surface area (Å²) in [7, 11) is 3.03. The molecule has 0 saturated heterocycles. The number of carbonyl (C=O) groups is 3. The van der Waals surface area contributed by atoms with Gasteiger partial charge >= 0.3 is 11.9 Å². The molecule has 3 aromatic rings. The van der Waals surface area contributed by atoms with Crippen molar-refractivity contribution in [3.8, 4) is 23.0 Å². The van der Waals surface area contributed by atoms with Crippen LogP contribution in [0.5, 0.6) is 23.0 Å². The number of halogens is 2. The Morgan fingerprint density at radius 3 is 2.24 bits per heavy atom. The zero-order chi connectivity index (χ0) is 34.4. The molecule has 11 nitrogen and oxygen atoms in total. The van der Waals surface area contributed by atoms with E-state index in [1.54, 1.807) is 27.9 Å². The van der Waals surface area contributed by atoms with Crippen molar-refractivity contribution in [3.63, 3.8) is 0 Å². The van der Waals surface area contributed by atoms with Crippen LogP contribution in [-0.4, -0.2) is 61.6 Å². The largest absolute Gasteiger partial charge is 0.497 e. The number of aromatic nitrogens is 1. The molecule has 1 amide bonds. The molecular weight excluding hydrogens is 606 g/mol. The molecule has 0 aliphatic carbocycles. The number of rotatable bonds is 13. The highest BCUT2D eigenvalue weighted by Gasteiger charge is 2.29. The van der Waals surface area contributed by atoms with E-state index in [9.17, 15) is 23.2 Å². The third kappa shape index (κ3) is 12.2. The SMILES string of the molecule is COc1ccc(C)cc1.COc1ccnc(C(=O)N[C@@H](C)C(=O)O[C@@H](C)CC(C)(C)Oc2ccc(F)cc2F)c1OCOC(C)=O.[HH]. The third-order valence-corrected chi connectivity index (χ3v) is 6.10. The molecule has 0 unspecified atom stereocenters. The molecule has 1 heterocycles. The van der Waals surface area contributed by atoms with Crippen LogP contribution in [0.3, 0.4) is 0 Å². The molecule has 252 valence electrons. The summed E-state index contributed by atoms with van der Waals surface area (Å²) in [4.78, 5) is 40.4. The second kappa shape index (κ2) is 17.5. The Kier molecular flexibility index (Phi) is 14.2. The Morgan fingerprint density at radius 1 is 0.978 bits per heavy atom. The number of esters is 2. The summed E-state index contributed by atoms with van der Waals surface area (Å²) in [6, 6.07) is 11.3. The minimum Gasteiger partial charge on any atom is -0.497 e. The van der Waals surface area contributed by atoms with Crippen LogP contribution in [0.1, 0.15) is 58.5 Å². The highest BCUT2D eigenvalue weighted by Crippen LogP contribution is 2.30. The number of hydrogen-bond acceptors (Lipinski definition) is 10. The van der Waals surface area contributed by atoms with Gasteiger partial charge in [-0.25, -0.2) is 18.6 Å². The number of carbonyl (C=O) groups excluding carboxylic acids is 3. The number of methoxy groups -OCH3 is 2. The second-order valence-electron chi connectivity index (χ2n) is 10.7. The van der Waals surface area contributed by atoms with Crippen LogP contribution in [-0.2, 0) is 19.1 Å². The van der Waals surface area contributed by atoms with Gasteiger partial charge in [-0.2, -0.15) is 0 Å². The Bertz CT molecular complexity index is 1470. The van der Waals surface area contributed by atoms with Gasteiger partial charge in [0.15, 0.2) is 28.8 Å². The van der Waals surface area contributed by atoms with Gasteiger partial charge < -0.3 is 33.7 Å². The number of ether oxygens (including phenoxy) is 6. The highest BCUT2D eigenvalue weighted by atomic mass is 19.1. The summed E-state index contributed by atoms with van der Waals surface area (Å²) in [5.41, 5.74) is 0.0923. The van der Waals surface area contributed by atoms with Crippen LogP contribution < -0.4 is 24.3 Å². The third-order valence-electron chi connectivity index (χ3n) is 6.10. The van der Waals surface area contributed by atoms with Crippen molar-refractivity contribution < 1.29 is 53.0 Å². The van der Waals surface area contributed by atoms with Gasteiger partial charge in [0, 0.05) is 33.1 Å². The summed E-state index contributed by atoms with van der Waals surface area (Å²) in [5.74, 6) is -2.80. The van der Waals surface area contributed by atoms with Crippen molar-refractivity contribution in [2.24, 2.45) is 0 Å². The molecule has 0 bridgehead atoms. The zero-order valence-electron chi connectivity index (χ0n) is 27.1. The molecule has 0 aliphatic rings. The van der Waals surface area contributed by atoms with Crippen LogP contribution >= 0.6 is 0 Å². The van der Waals surface area contributed by atoms with Crippen molar-refractivity contribution in [2.75, 3.05) is 21.0 Å². The Labute approximate surface area is 268 Å². The average Bonchev–Trinajstić information content (AvgIpc) is 2.98. The molecule has 1 aromatic heterocycles. The van der Waals surface area contributed by atoms with E-state index in [1.807, 2.05) is 24.3 Å². The van der Waals surface area contributed by atoms with Gasteiger partial charge in [0.1, 0.15) is 29.3 Å². The van der Waals surface area contributed by atoms with E-state index >= 15 is 0 Å². The lowest BCUT2D eigenvalue weighted by molar-refractivity contribution is -0.152. The minimum absolute atomic E-state index is 0. The zero-order valence-corrected chi connectivity index (χ0v) is 27.1. The van der Waals surface area contributed by atoms with Crippen LogP contribution in [0, 0.1) is 18.6 Å². The molecule has 1 N–H and O–H groups in total. The summed E-state index contributed by atoms with van der Waals surface area (Å²) in [6.45, 7) is 9.13. The normalized spacial score (nSPS) is 12.0. The lowest BCUT2D eigenvalue weighted by Gasteiger charge is -2.29. The minimum atomic E-state index is -1.08. The highest BCUT2D eigenvalue weighted by molar-refractivity contribution is 5.98. The molecule has 46 heavy (non-hydrogen) atoms. The first kappa shape index (κ1) is 37.2. The molecule has 0 radical (unpaired) electrons. The Balaban J connectivity index is 0.000000949. The van der Waals surface area contributed by atoms with Crippen molar-refractivity contribution in [1.29, 1.82) is 0 Å². The fraction of sp³-hybridized carbons (Fsp3) is 0.394. The summed E-state index contributed by atoms with van der Waals surface area (Å²) in [5, 5.41) is 2.47. The van der Waals surface area contributed by atoms with E-state index in [2.05, 4.69) is 17.2 Å². The first-order valence-corrected chi connectivity index (χ1v) is 14.2. The smallest absolute Gasteiger partial charge is 0.328 e. The molecule has 3 rings (SSSR count). The molecule has 13 heteroatoms. The van der Waals surface area contributed by atoms with Crippen molar-refractivity contribution in [3.05, 3.63) is 77.6 Å². The molecular formula is C33H42F2N2O9. The quantitative estimate of drug-likeness (QED) is 0.179. The Hall–Kier alpha value is -4.94. The van der Waals surface area contributed by atoms with E-state index in [4.69, 9.17) is 28.4 Å². The lowest BCUT2D eigenvalue weighted by Crippen LogP contribution is -2.42.